The Kier molecular flexibility index (Phi) is 4.71. The molecule has 3 fully saturated rings. The van der Waals surface area contributed by atoms with Gasteiger partial charge < -0.3 is 15.3 Å². The Labute approximate surface area is 162 Å². The molecule has 0 aromatic heterocycles. The highest BCUT2D eigenvalue weighted by atomic mass is 16.5. The van der Waals surface area contributed by atoms with Crippen molar-refractivity contribution in [1.82, 2.24) is 0 Å². The molecule has 0 heterocycles. The van der Waals surface area contributed by atoms with Gasteiger partial charge in [-0.25, -0.2) is 0 Å². The van der Waals surface area contributed by atoms with E-state index in [-0.39, 0.29) is 5.41 Å². The van der Waals surface area contributed by atoms with Crippen molar-refractivity contribution < 1.29 is 14.3 Å². The second kappa shape index (κ2) is 6.66. The third kappa shape index (κ3) is 2.49. The maximum Gasteiger partial charge on any atom is 0.159 e. The van der Waals surface area contributed by atoms with Gasteiger partial charge >= 0.3 is 0 Å². The van der Waals surface area contributed by atoms with Gasteiger partial charge in [-0.2, -0.15) is 0 Å². The smallest absolute Gasteiger partial charge is 0.159 e. The summed E-state index contributed by atoms with van der Waals surface area (Å²) in [5, 5.41) is 0. The number of carbonyl (C=O) groups is 2. The number of rotatable bonds is 3. The van der Waals surface area contributed by atoms with Gasteiger partial charge in [0.1, 0.15) is 5.60 Å². The molecular formula is C23H33NO3. The molecule has 0 aliphatic heterocycles. The number of nitrogens with two attached hydrogens (primary N) is 1. The number of ether oxygens (including phenoxy) is 1. The maximum atomic E-state index is 12.1. The third-order valence-electron chi connectivity index (χ3n) is 8.49. The Bertz CT molecular complexity index is 698. The fraction of sp³-hybridized carbons (Fsp3) is 0.739. The van der Waals surface area contributed by atoms with Crippen molar-refractivity contribution in [1.29, 1.82) is 0 Å². The van der Waals surface area contributed by atoms with Crippen LogP contribution in [0.3, 0.4) is 0 Å². The van der Waals surface area contributed by atoms with E-state index in [0.717, 1.165) is 38.4 Å². The second-order valence-electron chi connectivity index (χ2n) is 9.22. The molecule has 5 aliphatic rings. The van der Waals surface area contributed by atoms with Crippen molar-refractivity contribution in [3.8, 4) is 0 Å². The van der Waals surface area contributed by atoms with Gasteiger partial charge in [-0.15, -0.1) is 0 Å². The Balaban J connectivity index is 0.000000872. The van der Waals surface area contributed by atoms with E-state index in [4.69, 9.17) is 4.74 Å². The maximum absolute atomic E-state index is 12.1. The summed E-state index contributed by atoms with van der Waals surface area (Å²) in [5.41, 5.74) is 5.15. The van der Waals surface area contributed by atoms with Crippen LogP contribution in [0.2, 0.25) is 0 Å². The number of carbonyl (C=O) groups excluding carboxylic acids is 2. The molecule has 2 N–H and O–H groups in total. The molecule has 8 atom stereocenters. The van der Waals surface area contributed by atoms with Crippen molar-refractivity contribution >= 4 is 12.1 Å². The van der Waals surface area contributed by atoms with Gasteiger partial charge in [0, 0.05) is 17.9 Å². The first-order valence-corrected chi connectivity index (χ1v) is 10.7. The monoisotopic (exact) mass is 371 g/mol. The fourth-order valence-corrected chi connectivity index (χ4v) is 7.18. The fourth-order valence-electron chi connectivity index (χ4n) is 7.18. The lowest BCUT2D eigenvalue weighted by atomic mass is 9.52. The SMILES string of the molecule is CCOC1(C=O)CCC2C3C=CC4=CC(=O)C5CC5C4C3CCC21C.CN. The van der Waals surface area contributed by atoms with Crippen LogP contribution in [-0.2, 0) is 14.3 Å². The van der Waals surface area contributed by atoms with E-state index in [0.29, 0.717) is 47.9 Å². The van der Waals surface area contributed by atoms with E-state index >= 15 is 0 Å². The first-order chi connectivity index (χ1) is 13.0. The van der Waals surface area contributed by atoms with E-state index in [1.54, 1.807) is 0 Å². The number of allylic oxidation sites excluding steroid dienone is 4. The second-order valence-corrected chi connectivity index (χ2v) is 9.22. The predicted octanol–water partition coefficient (Wildman–Crippen LogP) is 3.31. The standard InChI is InChI=1S/C22H28O3.CH5N/c1-3-25-22(12-23)9-7-18-14-5-4-13-10-19(24)16-11-17(16)20(13)15(14)6-8-21(18,22)2;1-2/h4-5,10,12,14-18,20H,3,6-9,11H2,1-2H3;2H2,1H3. The lowest BCUT2D eigenvalue weighted by molar-refractivity contribution is -0.159. The number of ketones is 1. The summed E-state index contributed by atoms with van der Waals surface area (Å²) in [7, 11) is 1.50. The lowest BCUT2D eigenvalue weighted by Crippen LogP contribution is -2.54. The highest BCUT2D eigenvalue weighted by Crippen LogP contribution is 2.66. The molecule has 27 heavy (non-hydrogen) atoms. The summed E-state index contributed by atoms with van der Waals surface area (Å²) in [5.74, 6) is 3.57. The van der Waals surface area contributed by atoms with Gasteiger partial charge in [0.05, 0.1) is 0 Å². The van der Waals surface area contributed by atoms with E-state index in [1.807, 2.05) is 13.0 Å². The normalized spacial score (nSPS) is 48.9. The molecule has 0 bridgehead atoms. The molecule has 4 nitrogen and oxygen atoms in total. The average Bonchev–Trinajstić information content (AvgIpc) is 3.43. The van der Waals surface area contributed by atoms with Crippen LogP contribution in [-0.4, -0.2) is 31.3 Å². The van der Waals surface area contributed by atoms with Gasteiger partial charge in [-0.1, -0.05) is 19.1 Å². The van der Waals surface area contributed by atoms with E-state index < -0.39 is 5.60 Å². The van der Waals surface area contributed by atoms with Crippen LogP contribution in [0, 0.1) is 40.9 Å². The Morgan fingerprint density at radius 2 is 2.04 bits per heavy atom. The average molecular weight is 372 g/mol. The summed E-state index contributed by atoms with van der Waals surface area (Å²) in [6, 6.07) is 0. The molecule has 0 amide bonds. The predicted molar refractivity (Wildman–Crippen MR) is 105 cm³/mol. The lowest BCUT2D eigenvalue weighted by Gasteiger charge is -2.54. The van der Waals surface area contributed by atoms with Crippen molar-refractivity contribution in [3.63, 3.8) is 0 Å². The highest BCUT2D eigenvalue weighted by molar-refractivity contribution is 5.96. The molecule has 148 valence electrons. The van der Waals surface area contributed by atoms with E-state index in [9.17, 15) is 9.59 Å². The summed E-state index contributed by atoms with van der Waals surface area (Å²) in [6.45, 7) is 4.90. The van der Waals surface area contributed by atoms with Gasteiger partial charge in [0.2, 0.25) is 0 Å². The number of hydrogen-bond donors (Lipinski definition) is 1. The Morgan fingerprint density at radius 3 is 2.74 bits per heavy atom. The molecule has 0 aromatic rings. The number of hydrogen-bond acceptors (Lipinski definition) is 4. The molecule has 5 aliphatic carbocycles. The molecule has 0 radical (unpaired) electrons. The van der Waals surface area contributed by atoms with Crippen molar-refractivity contribution in [2.75, 3.05) is 13.7 Å². The summed E-state index contributed by atoms with van der Waals surface area (Å²) >= 11 is 0. The van der Waals surface area contributed by atoms with Crippen LogP contribution < -0.4 is 5.73 Å². The zero-order valence-corrected chi connectivity index (χ0v) is 16.8. The molecule has 0 spiro atoms. The van der Waals surface area contributed by atoms with Gasteiger partial charge in [0.25, 0.3) is 0 Å². The quantitative estimate of drug-likeness (QED) is 0.773. The third-order valence-corrected chi connectivity index (χ3v) is 8.49. The van der Waals surface area contributed by atoms with Crippen molar-refractivity contribution in [2.45, 2.75) is 51.6 Å². The van der Waals surface area contributed by atoms with Crippen molar-refractivity contribution in [2.24, 2.45) is 46.7 Å². The first kappa shape index (κ1) is 19.1. The Morgan fingerprint density at radius 1 is 1.26 bits per heavy atom. The summed E-state index contributed by atoms with van der Waals surface area (Å²) < 4.78 is 6.09. The van der Waals surface area contributed by atoms with Crippen LogP contribution in [0.25, 0.3) is 0 Å². The molecule has 0 aromatic carbocycles. The van der Waals surface area contributed by atoms with Crippen LogP contribution >= 0.6 is 0 Å². The Hall–Kier alpha value is -1.26. The van der Waals surface area contributed by atoms with E-state index in [2.05, 4.69) is 24.8 Å². The van der Waals surface area contributed by atoms with Gasteiger partial charge in [-0.3, -0.25) is 4.79 Å². The van der Waals surface area contributed by atoms with Gasteiger partial charge in [-0.05, 0) is 87.3 Å². The minimum Gasteiger partial charge on any atom is -0.367 e. The van der Waals surface area contributed by atoms with Crippen LogP contribution in [0.15, 0.2) is 23.8 Å². The first-order valence-electron chi connectivity index (χ1n) is 10.7. The zero-order valence-electron chi connectivity index (χ0n) is 16.8. The van der Waals surface area contributed by atoms with Crippen LogP contribution in [0.1, 0.15) is 46.0 Å². The van der Waals surface area contributed by atoms with Crippen molar-refractivity contribution in [3.05, 3.63) is 23.8 Å². The molecule has 8 unspecified atom stereocenters. The molecular weight excluding hydrogens is 338 g/mol. The largest absolute Gasteiger partial charge is 0.367 e. The van der Waals surface area contributed by atoms with E-state index in [1.165, 1.54) is 12.6 Å². The minimum absolute atomic E-state index is 0.0507. The number of fused-ring (bicyclic) bond motifs is 7. The molecule has 0 saturated heterocycles. The molecule has 3 saturated carbocycles. The van der Waals surface area contributed by atoms with Crippen LogP contribution in [0.5, 0.6) is 0 Å². The topological polar surface area (TPSA) is 69.4 Å². The summed E-state index contributed by atoms with van der Waals surface area (Å²) in [6.07, 6.45) is 12.9. The van der Waals surface area contributed by atoms with Crippen LogP contribution in [0.4, 0.5) is 0 Å². The molecule has 5 rings (SSSR count). The van der Waals surface area contributed by atoms with Gasteiger partial charge in [0.15, 0.2) is 12.1 Å². The molecule has 4 heteroatoms. The highest BCUT2D eigenvalue weighted by Gasteiger charge is 2.65. The summed E-state index contributed by atoms with van der Waals surface area (Å²) in [4.78, 5) is 24.2. The minimum atomic E-state index is -0.591. The zero-order chi connectivity index (χ0) is 19.4. The number of aldehydes is 1.